The van der Waals surface area contributed by atoms with Crippen LogP contribution >= 0.6 is 11.3 Å². The summed E-state index contributed by atoms with van der Waals surface area (Å²) in [6.45, 7) is 1.96. The molecule has 1 heterocycles. The average Bonchev–Trinajstić information content (AvgIpc) is 3.11. The second kappa shape index (κ2) is 9.29. The number of methoxy groups -OCH3 is 2. The lowest BCUT2D eigenvalue weighted by Crippen LogP contribution is -2.10. The molecule has 2 rings (SSSR count). The smallest absolute Gasteiger partial charge is 0.153 e. The van der Waals surface area contributed by atoms with Crippen LogP contribution in [0.2, 0.25) is 0 Å². The molecule has 2 aromatic rings. The summed E-state index contributed by atoms with van der Waals surface area (Å²) in [6.07, 6.45) is 0.785. The first kappa shape index (κ1) is 17.5. The molecular weight excluding hydrogens is 316 g/mol. The zero-order chi connectivity index (χ0) is 16.5. The quantitative estimate of drug-likeness (QED) is 0.492. The number of hydrogen-bond acceptors (Lipinski definition) is 6. The van der Waals surface area contributed by atoms with Gasteiger partial charge in [-0.05, 0) is 17.5 Å². The highest BCUT2D eigenvalue weighted by molar-refractivity contribution is 7.13. The van der Waals surface area contributed by atoms with Crippen molar-refractivity contribution in [2.75, 3.05) is 40.6 Å². The molecule has 0 aliphatic carbocycles. The van der Waals surface area contributed by atoms with Crippen LogP contribution in [0.5, 0.6) is 11.5 Å². The van der Waals surface area contributed by atoms with Crippen molar-refractivity contribution in [3.05, 3.63) is 35.2 Å². The fourth-order valence-electron chi connectivity index (χ4n) is 2.05. The Labute approximate surface area is 139 Å². The van der Waals surface area contributed by atoms with Gasteiger partial charge >= 0.3 is 0 Å². The van der Waals surface area contributed by atoms with E-state index in [4.69, 9.17) is 18.9 Å². The van der Waals surface area contributed by atoms with Crippen LogP contribution in [0.3, 0.4) is 0 Å². The number of ether oxygens (including phenoxy) is 4. The minimum absolute atomic E-state index is 0.408. The predicted octanol–water partition coefficient (Wildman–Crippen LogP) is 3.28. The van der Waals surface area contributed by atoms with Crippen LogP contribution in [0.25, 0.3) is 10.4 Å². The monoisotopic (exact) mass is 336 g/mol. The minimum atomic E-state index is 0.408. The normalized spacial score (nSPS) is 10.5. The van der Waals surface area contributed by atoms with Crippen molar-refractivity contribution in [2.45, 2.75) is 0 Å². The molecule has 0 spiro atoms. The third-order valence-corrected chi connectivity index (χ3v) is 4.07. The Bertz CT molecular complexity index is 610. The second-order valence-electron chi connectivity index (χ2n) is 4.64. The zero-order valence-corrected chi connectivity index (χ0v) is 14.1. The summed E-state index contributed by atoms with van der Waals surface area (Å²) in [6, 6.07) is 7.48. The van der Waals surface area contributed by atoms with E-state index in [0.717, 1.165) is 16.7 Å². The zero-order valence-electron chi connectivity index (χ0n) is 13.2. The summed E-state index contributed by atoms with van der Waals surface area (Å²) in [5, 5.41) is 1.98. The first-order valence-electron chi connectivity index (χ1n) is 7.20. The van der Waals surface area contributed by atoms with E-state index in [9.17, 15) is 4.79 Å². The molecule has 0 fully saturated rings. The molecule has 0 aliphatic rings. The van der Waals surface area contributed by atoms with Gasteiger partial charge in [0.15, 0.2) is 6.29 Å². The number of thiophene rings is 1. The molecule has 0 bridgehead atoms. The summed E-state index contributed by atoms with van der Waals surface area (Å²) in [7, 11) is 3.17. The fourth-order valence-corrected chi connectivity index (χ4v) is 2.79. The van der Waals surface area contributed by atoms with Gasteiger partial charge in [0.1, 0.15) is 18.1 Å². The number of carbonyl (C=O) groups is 1. The van der Waals surface area contributed by atoms with Gasteiger partial charge in [0, 0.05) is 23.6 Å². The van der Waals surface area contributed by atoms with Crippen LogP contribution in [0.1, 0.15) is 10.4 Å². The molecule has 0 unspecified atom stereocenters. The van der Waals surface area contributed by atoms with Gasteiger partial charge < -0.3 is 18.9 Å². The largest absolute Gasteiger partial charge is 0.496 e. The maximum atomic E-state index is 11.2. The summed E-state index contributed by atoms with van der Waals surface area (Å²) < 4.78 is 21.4. The van der Waals surface area contributed by atoms with Crippen LogP contribution in [-0.4, -0.2) is 46.9 Å². The lowest BCUT2D eigenvalue weighted by Gasteiger charge is -2.14. The molecule has 5 nitrogen and oxygen atoms in total. The van der Waals surface area contributed by atoms with E-state index in [1.54, 1.807) is 30.6 Å². The van der Waals surface area contributed by atoms with Gasteiger partial charge in [0.25, 0.3) is 0 Å². The van der Waals surface area contributed by atoms with Crippen molar-refractivity contribution in [2.24, 2.45) is 0 Å². The molecule has 0 saturated carbocycles. The first-order chi connectivity index (χ1) is 11.3. The maximum absolute atomic E-state index is 11.2. The van der Waals surface area contributed by atoms with Gasteiger partial charge in [-0.3, -0.25) is 4.79 Å². The van der Waals surface area contributed by atoms with Crippen molar-refractivity contribution in [1.29, 1.82) is 0 Å². The fraction of sp³-hybridized carbons (Fsp3) is 0.353. The molecule has 1 aromatic carbocycles. The minimum Gasteiger partial charge on any atom is -0.496 e. The van der Waals surface area contributed by atoms with Crippen LogP contribution in [0, 0.1) is 0 Å². The summed E-state index contributed by atoms with van der Waals surface area (Å²) in [5.41, 5.74) is 1.37. The van der Waals surface area contributed by atoms with E-state index in [-0.39, 0.29) is 0 Å². The molecule has 0 saturated heterocycles. The molecule has 6 heteroatoms. The lowest BCUT2D eigenvalue weighted by molar-refractivity contribution is 0.0545. The van der Waals surface area contributed by atoms with Crippen molar-refractivity contribution in [3.63, 3.8) is 0 Å². The van der Waals surface area contributed by atoms with Crippen molar-refractivity contribution in [3.8, 4) is 21.9 Å². The molecular formula is C17H20O5S. The molecule has 1 aromatic heterocycles. The van der Waals surface area contributed by atoms with Gasteiger partial charge in [0.05, 0.1) is 32.5 Å². The molecule has 0 N–H and O–H groups in total. The maximum Gasteiger partial charge on any atom is 0.153 e. The van der Waals surface area contributed by atoms with Gasteiger partial charge in [-0.15, -0.1) is 11.3 Å². The summed E-state index contributed by atoms with van der Waals surface area (Å²) in [4.78, 5) is 12.3. The highest BCUT2D eigenvalue weighted by Gasteiger charge is 2.13. The Kier molecular flexibility index (Phi) is 7.06. The van der Waals surface area contributed by atoms with Gasteiger partial charge in [0.2, 0.25) is 0 Å². The predicted molar refractivity (Wildman–Crippen MR) is 89.9 cm³/mol. The molecule has 0 amide bonds. The number of carbonyl (C=O) groups excluding carboxylic acids is 1. The topological polar surface area (TPSA) is 54.0 Å². The first-order valence-corrected chi connectivity index (χ1v) is 8.08. The number of rotatable bonds is 10. The number of benzene rings is 1. The third kappa shape index (κ3) is 4.79. The van der Waals surface area contributed by atoms with Crippen molar-refractivity contribution < 1.29 is 23.7 Å². The van der Waals surface area contributed by atoms with E-state index < -0.39 is 0 Å². The Morgan fingerprint density at radius 2 is 1.91 bits per heavy atom. The van der Waals surface area contributed by atoms with E-state index in [1.165, 1.54) is 7.11 Å². The molecule has 0 atom stereocenters. The molecule has 124 valence electrons. The van der Waals surface area contributed by atoms with Gasteiger partial charge in [-0.25, -0.2) is 0 Å². The Morgan fingerprint density at radius 1 is 1.09 bits per heavy atom. The lowest BCUT2D eigenvalue weighted by atomic mass is 10.1. The Hall–Kier alpha value is -1.89. The van der Waals surface area contributed by atoms with Crippen LogP contribution < -0.4 is 9.47 Å². The highest BCUT2D eigenvalue weighted by atomic mass is 32.1. The SMILES string of the molecule is COCCOCCOc1cc(OC)c(C=O)cc1-c1cccs1. The van der Waals surface area contributed by atoms with Crippen LogP contribution in [-0.2, 0) is 9.47 Å². The summed E-state index contributed by atoms with van der Waals surface area (Å²) >= 11 is 1.59. The third-order valence-electron chi connectivity index (χ3n) is 3.16. The highest BCUT2D eigenvalue weighted by Crippen LogP contribution is 2.37. The van der Waals surface area contributed by atoms with Crippen molar-refractivity contribution in [1.82, 2.24) is 0 Å². The van der Waals surface area contributed by atoms with Crippen LogP contribution in [0.15, 0.2) is 29.6 Å². The number of aldehydes is 1. The van der Waals surface area contributed by atoms with Gasteiger partial charge in [-0.2, -0.15) is 0 Å². The van der Waals surface area contributed by atoms with E-state index in [1.807, 2.05) is 17.5 Å². The van der Waals surface area contributed by atoms with E-state index >= 15 is 0 Å². The summed E-state index contributed by atoms with van der Waals surface area (Å²) in [5.74, 6) is 1.17. The number of hydrogen-bond donors (Lipinski definition) is 0. The van der Waals surface area contributed by atoms with Gasteiger partial charge in [-0.1, -0.05) is 6.07 Å². The average molecular weight is 336 g/mol. The van der Waals surface area contributed by atoms with E-state index in [0.29, 0.717) is 43.5 Å². The van der Waals surface area contributed by atoms with E-state index in [2.05, 4.69) is 0 Å². The standard InChI is InChI=1S/C17H20O5S/c1-19-5-6-21-7-8-22-16-11-15(20-2)13(12-18)10-14(16)17-4-3-9-23-17/h3-4,9-12H,5-8H2,1-2H3. The second-order valence-corrected chi connectivity index (χ2v) is 5.59. The Morgan fingerprint density at radius 3 is 2.57 bits per heavy atom. The van der Waals surface area contributed by atoms with Crippen molar-refractivity contribution >= 4 is 17.6 Å². The molecule has 0 radical (unpaired) electrons. The molecule has 0 aliphatic heterocycles. The Balaban J connectivity index is 2.14. The molecule has 23 heavy (non-hydrogen) atoms. The van der Waals surface area contributed by atoms with Crippen LogP contribution in [0.4, 0.5) is 0 Å².